The van der Waals surface area contributed by atoms with Crippen molar-refractivity contribution in [2.75, 3.05) is 6.54 Å². The lowest BCUT2D eigenvalue weighted by molar-refractivity contribution is 0.191. The van der Waals surface area contributed by atoms with Gasteiger partial charge in [-0.15, -0.1) is 0 Å². The fourth-order valence-electron chi connectivity index (χ4n) is 2.03. The molecule has 2 heterocycles. The van der Waals surface area contributed by atoms with Gasteiger partial charge in [0.25, 0.3) is 0 Å². The van der Waals surface area contributed by atoms with E-state index >= 15 is 0 Å². The number of rotatable bonds is 2. The summed E-state index contributed by atoms with van der Waals surface area (Å²) in [7, 11) is 0. The average molecular weight is 266 g/mol. The van der Waals surface area contributed by atoms with E-state index < -0.39 is 0 Å². The van der Waals surface area contributed by atoms with Crippen molar-refractivity contribution in [2.45, 2.75) is 18.6 Å². The number of β-amino-alcohol motifs (C(OH)–C–C–N with tert-alkyl or cyclic N) is 1. The molecule has 0 bridgehead atoms. The first-order chi connectivity index (χ1) is 8.74. The van der Waals surface area contributed by atoms with Crippen molar-refractivity contribution >= 4 is 11.6 Å². The maximum atomic E-state index is 9.46. The van der Waals surface area contributed by atoms with E-state index in [1.807, 2.05) is 18.2 Å². The second-order valence-corrected chi connectivity index (χ2v) is 4.69. The normalized spacial score (nSPS) is 23.4. The van der Waals surface area contributed by atoms with Crippen LogP contribution in [-0.4, -0.2) is 27.9 Å². The van der Waals surface area contributed by atoms with Gasteiger partial charge in [0.1, 0.15) is 0 Å². The average Bonchev–Trinajstić information content (AvgIpc) is 2.98. The number of nitrogens with zero attached hydrogens (tertiary/aromatic N) is 2. The lowest BCUT2D eigenvalue weighted by atomic mass is 10.2. The van der Waals surface area contributed by atoms with Gasteiger partial charge in [-0.3, -0.25) is 0 Å². The predicted molar refractivity (Wildman–Crippen MR) is 66.1 cm³/mol. The summed E-state index contributed by atoms with van der Waals surface area (Å²) in [5.74, 6) is 0.959. The van der Waals surface area contributed by atoms with Crippen LogP contribution in [0.3, 0.4) is 0 Å². The smallest absolute Gasteiger partial charge is 0.244 e. The second-order valence-electron chi connectivity index (χ2n) is 4.29. The van der Waals surface area contributed by atoms with Crippen LogP contribution in [0.25, 0.3) is 11.4 Å². The molecule has 94 valence electrons. The first-order valence-electron chi connectivity index (χ1n) is 5.74. The van der Waals surface area contributed by atoms with Gasteiger partial charge >= 0.3 is 0 Å². The fraction of sp³-hybridized carbons (Fsp3) is 0.333. The van der Waals surface area contributed by atoms with Gasteiger partial charge in [0, 0.05) is 12.1 Å². The minimum atomic E-state index is -0.356. The van der Waals surface area contributed by atoms with Crippen molar-refractivity contribution in [1.29, 1.82) is 0 Å². The summed E-state index contributed by atoms with van der Waals surface area (Å²) in [5, 5.41) is 17.1. The number of nitrogens with one attached hydrogen (secondary N) is 1. The van der Waals surface area contributed by atoms with Crippen molar-refractivity contribution in [3.63, 3.8) is 0 Å². The molecule has 18 heavy (non-hydrogen) atoms. The van der Waals surface area contributed by atoms with Crippen LogP contribution < -0.4 is 5.32 Å². The van der Waals surface area contributed by atoms with E-state index in [-0.39, 0.29) is 12.1 Å². The first kappa shape index (κ1) is 11.6. The molecule has 1 aliphatic heterocycles. The molecule has 2 aromatic rings. The molecule has 0 spiro atoms. The van der Waals surface area contributed by atoms with Crippen LogP contribution >= 0.6 is 11.6 Å². The highest BCUT2D eigenvalue weighted by Crippen LogP contribution is 2.28. The number of aromatic nitrogens is 2. The van der Waals surface area contributed by atoms with Gasteiger partial charge in [-0.05, 0) is 18.6 Å². The second kappa shape index (κ2) is 4.68. The largest absolute Gasteiger partial charge is 0.392 e. The molecular formula is C12H12ClN3O2. The first-order valence-corrected chi connectivity index (χ1v) is 6.12. The summed E-state index contributed by atoms with van der Waals surface area (Å²) < 4.78 is 5.21. The van der Waals surface area contributed by atoms with E-state index in [9.17, 15) is 5.11 Å². The maximum absolute atomic E-state index is 9.46. The molecule has 1 aliphatic rings. The Hall–Kier alpha value is -1.43. The lowest BCUT2D eigenvalue weighted by Crippen LogP contribution is -2.15. The SMILES string of the molecule is OC1CN[C@H](c2nc(-c3ccccc3Cl)no2)C1. The van der Waals surface area contributed by atoms with Gasteiger partial charge in [-0.25, -0.2) is 0 Å². The summed E-state index contributed by atoms with van der Waals surface area (Å²) in [6, 6.07) is 7.26. The topological polar surface area (TPSA) is 71.2 Å². The standard InChI is InChI=1S/C12H12ClN3O2/c13-9-4-2-1-3-8(9)11-15-12(18-16-11)10-5-7(17)6-14-10/h1-4,7,10,14,17H,5-6H2/t7?,10-/m0/s1. The molecule has 5 nitrogen and oxygen atoms in total. The number of halogens is 1. The van der Waals surface area contributed by atoms with E-state index in [1.54, 1.807) is 6.07 Å². The van der Waals surface area contributed by atoms with Crippen molar-refractivity contribution in [3.8, 4) is 11.4 Å². The number of hydrogen-bond donors (Lipinski definition) is 2. The maximum Gasteiger partial charge on any atom is 0.244 e. The van der Waals surface area contributed by atoms with E-state index in [1.165, 1.54) is 0 Å². The number of aliphatic hydroxyl groups is 1. The van der Waals surface area contributed by atoms with Gasteiger partial charge in [0.2, 0.25) is 11.7 Å². The minimum Gasteiger partial charge on any atom is -0.392 e. The molecule has 3 rings (SSSR count). The Bertz CT molecular complexity index is 558. The quantitative estimate of drug-likeness (QED) is 0.866. The molecule has 0 radical (unpaired) electrons. The highest BCUT2D eigenvalue weighted by Gasteiger charge is 2.28. The van der Waals surface area contributed by atoms with Crippen LogP contribution in [0.4, 0.5) is 0 Å². The third-order valence-corrected chi connectivity index (χ3v) is 3.29. The van der Waals surface area contributed by atoms with E-state index in [2.05, 4.69) is 15.5 Å². The predicted octanol–water partition coefficient (Wildman–Crippen LogP) is 1.79. The van der Waals surface area contributed by atoms with Crippen LogP contribution in [-0.2, 0) is 0 Å². The van der Waals surface area contributed by atoms with E-state index in [0.717, 1.165) is 5.56 Å². The van der Waals surface area contributed by atoms with E-state index in [0.29, 0.717) is 29.7 Å². The Balaban J connectivity index is 1.88. The summed E-state index contributed by atoms with van der Waals surface area (Å²) in [6.07, 6.45) is 0.232. The third-order valence-electron chi connectivity index (χ3n) is 2.96. The van der Waals surface area contributed by atoms with Crippen LogP contribution in [0, 0.1) is 0 Å². The monoisotopic (exact) mass is 265 g/mol. The molecule has 1 saturated heterocycles. The molecule has 1 aromatic heterocycles. The van der Waals surface area contributed by atoms with Crippen LogP contribution in [0.1, 0.15) is 18.4 Å². The molecule has 6 heteroatoms. The molecule has 2 atom stereocenters. The Morgan fingerprint density at radius 1 is 1.39 bits per heavy atom. The number of hydrogen-bond acceptors (Lipinski definition) is 5. The summed E-state index contributed by atoms with van der Waals surface area (Å²) in [5.41, 5.74) is 0.743. The van der Waals surface area contributed by atoms with Crippen LogP contribution in [0.15, 0.2) is 28.8 Å². The zero-order valence-electron chi connectivity index (χ0n) is 9.51. The van der Waals surface area contributed by atoms with Gasteiger partial charge < -0.3 is 14.9 Å². The molecular weight excluding hydrogens is 254 g/mol. The highest BCUT2D eigenvalue weighted by molar-refractivity contribution is 6.33. The van der Waals surface area contributed by atoms with Gasteiger partial charge in [0.05, 0.1) is 17.2 Å². The van der Waals surface area contributed by atoms with Crippen molar-refractivity contribution in [1.82, 2.24) is 15.5 Å². The molecule has 0 saturated carbocycles. The van der Waals surface area contributed by atoms with Crippen molar-refractivity contribution in [3.05, 3.63) is 35.2 Å². The van der Waals surface area contributed by atoms with Gasteiger partial charge in [-0.2, -0.15) is 4.98 Å². The van der Waals surface area contributed by atoms with Crippen molar-refractivity contribution in [2.24, 2.45) is 0 Å². The van der Waals surface area contributed by atoms with Crippen LogP contribution in [0.2, 0.25) is 5.02 Å². The fourth-order valence-corrected chi connectivity index (χ4v) is 2.25. The Morgan fingerprint density at radius 3 is 2.94 bits per heavy atom. The molecule has 0 aliphatic carbocycles. The summed E-state index contributed by atoms with van der Waals surface area (Å²) >= 11 is 6.07. The summed E-state index contributed by atoms with van der Waals surface area (Å²) in [4.78, 5) is 4.32. The zero-order valence-corrected chi connectivity index (χ0v) is 10.3. The molecule has 0 amide bonds. The molecule has 1 unspecified atom stereocenters. The van der Waals surface area contributed by atoms with E-state index in [4.69, 9.17) is 16.1 Å². The highest BCUT2D eigenvalue weighted by atomic mass is 35.5. The Kier molecular flexibility index (Phi) is 3.03. The number of aliphatic hydroxyl groups excluding tert-OH is 1. The zero-order chi connectivity index (χ0) is 12.5. The third kappa shape index (κ3) is 2.12. The van der Waals surface area contributed by atoms with Gasteiger partial charge in [0.15, 0.2) is 0 Å². The molecule has 2 N–H and O–H groups in total. The number of benzene rings is 1. The van der Waals surface area contributed by atoms with Gasteiger partial charge in [-0.1, -0.05) is 28.9 Å². The lowest BCUT2D eigenvalue weighted by Gasteiger charge is -2.01. The van der Waals surface area contributed by atoms with Crippen molar-refractivity contribution < 1.29 is 9.63 Å². The minimum absolute atomic E-state index is 0.0799. The molecule has 1 fully saturated rings. The Labute approximate surface area is 109 Å². The Morgan fingerprint density at radius 2 is 2.22 bits per heavy atom. The van der Waals surface area contributed by atoms with Crippen LogP contribution in [0.5, 0.6) is 0 Å². The molecule has 1 aromatic carbocycles. The summed E-state index contributed by atoms with van der Waals surface area (Å²) in [6.45, 7) is 0.550.